The van der Waals surface area contributed by atoms with Crippen molar-refractivity contribution in [2.45, 2.75) is 24.6 Å². The number of nitrogens with one attached hydrogen (secondary N) is 2. The van der Waals surface area contributed by atoms with E-state index < -0.39 is 0 Å². The zero-order valence-corrected chi connectivity index (χ0v) is 15.5. The van der Waals surface area contributed by atoms with Crippen LogP contribution in [0.2, 0.25) is 5.02 Å². The second-order valence-electron chi connectivity index (χ2n) is 4.53. The molecule has 0 amide bonds. The van der Waals surface area contributed by atoms with Crippen molar-refractivity contribution in [3.8, 4) is 0 Å². The smallest absolute Gasteiger partial charge is 0.191 e. The molecule has 0 aliphatic carbocycles. The standard InChI is InChI=1S/C14H20ClN3S.HI/c1-16-14(18-10-12-6-4-8-19-12)17-9-11-5-2-3-7-13(11)15;/h2-3,5,7,12H,4,6,8-10H2,1H3,(H2,16,17,18);1H. The minimum absolute atomic E-state index is 0. The Balaban J connectivity index is 0.00000200. The maximum absolute atomic E-state index is 6.13. The molecule has 1 aliphatic heterocycles. The number of rotatable bonds is 4. The number of hydrogen-bond donors (Lipinski definition) is 2. The SMILES string of the molecule is CN=C(NCc1ccccc1Cl)NCC1CCCS1.I. The number of benzene rings is 1. The fourth-order valence-electron chi connectivity index (χ4n) is 2.06. The minimum Gasteiger partial charge on any atom is -0.355 e. The molecule has 2 rings (SSSR count). The fourth-order valence-corrected chi connectivity index (χ4v) is 3.46. The Kier molecular flexibility index (Phi) is 8.72. The topological polar surface area (TPSA) is 36.4 Å². The molecule has 1 saturated heterocycles. The molecule has 2 N–H and O–H groups in total. The molecular weight excluding hydrogens is 405 g/mol. The van der Waals surface area contributed by atoms with Crippen molar-refractivity contribution in [3.63, 3.8) is 0 Å². The third-order valence-corrected chi connectivity index (χ3v) is 4.92. The molecule has 1 atom stereocenters. The second kappa shape index (κ2) is 9.73. The van der Waals surface area contributed by atoms with Crippen LogP contribution >= 0.6 is 47.3 Å². The van der Waals surface area contributed by atoms with Gasteiger partial charge in [0.25, 0.3) is 0 Å². The van der Waals surface area contributed by atoms with Crippen molar-refractivity contribution in [1.82, 2.24) is 10.6 Å². The molecule has 1 aromatic rings. The van der Waals surface area contributed by atoms with Crippen LogP contribution in [0, 0.1) is 0 Å². The van der Waals surface area contributed by atoms with Crippen molar-refractivity contribution < 1.29 is 0 Å². The lowest BCUT2D eigenvalue weighted by molar-refractivity contribution is 0.726. The van der Waals surface area contributed by atoms with Crippen LogP contribution in [0.1, 0.15) is 18.4 Å². The van der Waals surface area contributed by atoms with E-state index in [0.29, 0.717) is 6.54 Å². The summed E-state index contributed by atoms with van der Waals surface area (Å²) >= 11 is 8.17. The largest absolute Gasteiger partial charge is 0.355 e. The van der Waals surface area contributed by atoms with E-state index in [2.05, 4.69) is 15.6 Å². The fraction of sp³-hybridized carbons (Fsp3) is 0.500. The van der Waals surface area contributed by atoms with Crippen LogP contribution in [0.15, 0.2) is 29.3 Å². The summed E-state index contributed by atoms with van der Waals surface area (Å²) in [6.07, 6.45) is 2.64. The number of nitrogens with zero attached hydrogens (tertiary/aromatic N) is 1. The van der Waals surface area contributed by atoms with Crippen LogP contribution in [0.3, 0.4) is 0 Å². The molecule has 112 valence electrons. The summed E-state index contributed by atoms with van der Waals surface area (Å²) in [5.41, 5.74) is 1.09. The first-order valence-corrected chi connectivity index (χ1v) is 8.02. The summed E-state index contributed by atoms with van der Waals surface area (Å²) < 4.78 is 0. The highest BCUT2D eigenvalue weighted by Crippen LogP contribution is 2.25. The first-order chi connectivity index (χ1) is 9.29. The monoisotopic (exact) mass is 425 g/mol. The number of guanidine groups is 1. The minimum atomic E-state index is 0. The third-order valence-electron chi connectivity index (χ3n) is 3.15. The molecule has 1 heterocycles. The predicted octanol–water partition coefficient (Wildman–Crippen LogP) is 3.52. The van der Waals surface area contributed by atoms with E-state index in [0.717, 1.165) is 28.3 Å². The highest BCUT2D eigenvalue weighted by atomic mass is 127. The van der Waals surface area contributed by atoms with Gasteiger partial charge in [0.15, 0.2) is 5.96 Å². The van der Waals surface area contributed by atoms with Gasteiger partial charge in [0.1, 0.15) is 0 Å². The van der Waals surface area contributed by atoms with E-state index in [1.165, 1.54) is 18.6 Å². The zero-order valence-electron chi connectivity index (χ0n) is 11.6. The average molecular weight is 426 g/mol. The summed E-state index contributed by atoms with van der Waals surface area (Å²) in [7, 11) is 1.80. The van der Waals surface area contributed by atoms with Crippen LogP contribution in [0.5, 0.6) is 0 Å². The van der Waals surface area contributed by atoms with Gasteiger partial charge in [-0.3, -0.25) is 4.99 Å². The van der Waals surface area contributed by atoms with E-state index in [1.54, 1.807) is 7.05 Å². The highest BCUT2D eigenvalue weighted by Gasteiger charge is 2.15. The molecule has 20 heavy (non-hydrogen) atoms. The van der Waals surface area contributed by atoms with Gasteiger partial charge in [-0.25, -0.2) is 0 Å². The third kappa shape index (κ3) is 5.69. The van der Waals surface area contributed by atoms with Gasteiger partial charge in [0, 0.05) is 30.4 Å². The van der Waals surface area contributed by atoms with Gasteiger partial charge in [-0.05, 0) is 30.2 Å². The molecule has 3 nitrogen and oxygen atoms in total. The molecule has 1 aliphatic rings. The van der Waals surface area contributed by atoms with E-state index in [4.69, 9.17) is 11.6 Å². The van der Waals surface area contributed by atoms with Crippen molar-refractivity contribution in [1.29, 1.82) is 0 Å². The van der Waals surface area contributed by atoms with Crippen LogP contribution in [-0.2, 0) is 6.54 Å². The Morgan fingerprint density at radius 3 is 2.85 bits per heavy atom. The lowest BCUT2D eigenvalue weighted by atomic mass is 10.2. The Morgan fingerprint density at radius 2 is 2.20 bits per heavy atom. The molecular formula is C14H21ClIN3S. The van der Waals surface area contributed by atoms with Gasteiger partial charge >= 0.3 is 0 Å². The molecule has 0 saturated carbocycles. The van der Waals surface area contributed by atoms with E-state index in [1.807, 2.05) is 36.0 Å². The van der Waals surface area contributed by atoms with Gasteiger partial charge in [-0.1, -0.05) is 29.8 Å². The second-order valence-corrected chi connectivity index (χ2v) is 6.35. The number of hydrogen-bond acceptors (Lipinski definition) is 2. The number of thioether (sulfide) groups is 1. The summed E-state index contributed by atoms with van der Waals surface area (Å²) in [4.78, 5) is 4.24. The summed E-state index contributed by atoms with van der Waals surface area (Å²) in [6, 6.07) is 7.86. The van der Waals surface area contributed by atoms with Crippen LogP contribution in [0.25, 0.3) is 0 Å². The highest BCUT2D eigenvalue weighted by molar-refractivity contribution is 14.0. The lowest BCUT2D eigenvalue weighted by Gasteiger charge is -2.15. The van der Waals surface area contributed by atoms with Gasteiger partial charge in [-0.2, -0.15) is 11.8 Å². The maximum Gasteiger partial charge on any atom is 0.191 e. The first kappa shape index (κ1) is 17.9. The van der Waals surface area contributed by atoms with E-state index in [-0.39, 0.29) is 24.0 Å². The van der Waals surface area contributed by atoms with Crippen molar-refractivity contribution in [2.75, 3.05) is 19.3 Å². The predicted molar refractivity (Wildman–Crippen MR) is 101 cm³/mol. The molecule has 0 bridgehead atoms. The number of aliphatic imine (C=N–C) groups is 1. The van der Waals surface area contributed by atoms with E-state index in [9.17, 15) is 0 Å². The quantitative estimate of drug-likeness (QED) is 0.440. The van der Waals surface area contributed by atoms with Gasteiger partial charge in [-0.15, -0.1) is 24.0 Å². The lowest BCUT2D eigenvalue weighted by Crippen LogP contribution is -2.39. The van der Waals surface area contributed by atoms with Crippen molar-refractivity contribution >= 4 is 53.3 Å². The summed E-state index contributed by atoms with van der Waals surface area (Å²) in [5, 5.41) is 8.18. The van der Waals surface area contributed by atoms with Crippen molar-refractivity contribution in [3.05, 3.63) is 34.9 Å². The number of halogens is 2. The maximum atomic E-state index is 6.13. The van der Waals surface area contributed by atoms with E-state index >= 15 is 0 Å². The van der Waals surface area contributed by atoms with Crippen LogP contribution in [-0.4, -0.2) is 30.6 Å². The summed E-state index contributed by atoms with van der Waals surface area (Å²) in [5.74, 6) is 2.13. The Morgan fingerprint density at radius 1 is 1.40 bits per heavy atom. The Bertz CT molecular complexity index is 436. The molecule has 0 spiro atoms. The molecule has 1 unspecified atom stereocenters. The zero-order chi connectivity index (χ0) is 13.5. The van der Waals surface area contributed by atoms with Gasteiger partial charge in [0.05, 0.1) is 0 Å². The summed E-state index contributed by atoms with van der Waals surface area (Å²) in [6.45, 7) is 1.67. The molecule has 6 heteroatoms. The normalized spacial score (nSPS) is 18.5. The Labute approximate surface area is 147 Å². The van der Waals surface area contributed by atoms with Crippen LogP contribution < -0.4 is 10.6 Å². The average Bonchev–Trinajstić information content (AvgIpc) is 2.94. The Hall–Kier alpha value is -0.140. The van der Waals surface area contributed by atoms with Gasteiger partial charge < -0.3 is 10.6 Å². The molecule has 0 radical (unpaired) electrons. The molecule has 0 aromatic heterocycles. The van der Waals surface area contributed by atoms with Gasteiger partial charge in [0.2, 0.25) is 0 Å². The molecule has 1 fully saturated rings. The van der Waals surface area contributed by atoms with Crippen LogP contribution in [0.4, 0.5) is 0 Å². The first-order valence-electron chi connectivity index (χ1n) is 6.59. The molecule has 1 aromatic carbocycles. The van der Waals surface area contributed by atoms with Crippen molar-refractivity contribution in [2.24, 2.45) is 4.99 Å².